The highest BCUT2D eigenvalue weighted by Gasteiger charge is 2.30. The Morgan fingerprint density at radius 3 is 2.22 bits per heavy atom. The van der Waals surface area contributed by atoms with Gasteiger partial charge in [0.25, 0.3) is 0 Å². The van der Waals surface area contributed by atoms with E-state index < -0.39 is 16.1 Å². The van der Waals surface area contributed by atoms with Crippen LogP contribution in [0, 0.1) is 0 Å². The van der Waals surface area contributed by atoms with Crippen molar-refractivity contribution in [1.29, 1.82) is 0 Å². The Hall–Kier alpha value is -3.24. The highest BCUT2D eigenvalue weighted by atomic mass is 35.5. The predicted molar refractivity (Wildman–Crippen MR) is 159 cm³/mol. The molecule has 1 saturated carbocycles. The lowest BCUT2D eigenvalue weighted by atomic mass is 10.0. The number of aliphatic hydroxyl groups is 1. The topological polar surface area (TPSA) is 116 Å². The Kier molecular flexibility index (Phi) is 10.9. The standard InChI is InChI=1S/C31H36ClN3O5S/c32-26-12-7-25(8-13-26)22-35(29(31(38)33-19-4-20-36)21-24-5-2-1-3-6-24)30(37)18-11-23-9-16-28(17-10-23)41(39,40)34-27-14-15-27/h1-3,5-10,12-13,16-17,27,29,34,36H,4,11,14-15,18-22H2,(H,33,38). The Morgan fingerprint density at radius 2 is 1.59 bits per heavy atom. The fraction of sp³-hybridized carbons (Fsp3) is 0.355. The first kappa shape index (κ1) is 30.7. The molecule has 1 fully saturated rings. The molecule has 10 heteroatoms. The third kappa shape index (κ3) is 9.39. The molecule has 0 heterocycles. The number of rotatable bonds is 15. The molecule has 3 aromatic rings. The molecule has 0 aliphatic heterocycles. The van der Waals surface area contributed by atoms with Crippen LogP contribution in [0.4, 0.5) is 0 Å². The van der Waals surface area contributed by atoms with Crippen LogP contribution in [-0.4, -0.2) is 55.5 Å². The van der Waals surface area contributed by atoms with Crippen LogP contribution < -0.4 is 10.0 Å². The number of hydrogen-bond donors (Lipinski definition) is 3. The van der Waals surface area contributed by atoms with Gasteiger partial charge in [-0.05, 0) is 66.6 Å². The number of carbonyl (C=O) groups is 2. The Morgan fingerprint density at radius 1 is 0.927 bits per heavy atom. The van der Waals surface area contributed by atoms with Crippen LogP contribution in [0.5, 0.6) is 0 Å². The summed E-state index contributed by atoms with van der Waals surface area (Å²) in [5.74, 6) is -0.493. The van der Waals surface area contributed by atoms with Gasteiger partial charge in [0.15, 0.2) is 0 Å². The highest BCUT2D eigenvalue weighted by Crippen LogP contribution is 2.23. The minimum atomic E-state index is -3.55. The van der Waals surface area contributed by atoms with E-state index in [1.165, 1.54) is 0 Å². The third-order valence-electron chi connectivity index (χ3n) is 6.93. The molecule has 218 valence electrons. The van der Waals surface area contributed by atoms with Crippen LogP contribution in [0.1, 0.15) is 42.4 Å². The summed E-state index contributed by atoms with van der Waals surface area (Å²) in [5, 5.41) is 12.6. The number of sulfonamides is 1. The van der Waals surface area contributed by atoms with Crippen LogP contribution >= 0.6 is 11.6 Å². The highest BCUT2D eigenvalue weighted by molar-refractivity contribution is 7.89. The van der Waals surface area contributed by atoms with Crippen LogP contribution in [0.2, 0.25) is 5.02 Å². The van der Waals surface area contributed by atoms with Gasteiger partial charge < -0.3 is 15.3 Å². The van der Waals surface area contributed by atoms with Gasteiger partial charge in [-0.15, -0.1) is 0 Å². The van der Waals surface area contributed by atoms with E-state index in [1.54, 1.807) is 41.3 Å². The summed E-state index contributed by atoms with van der Waals surface area (Å²) < 4.78 is 27.7. The van der Waals surface area contributed by atoms with E-state index in [1.807, 2.05) is 42.5 Å². The first-order valence-electron chi connectivity index (χ1n) is 13.8. The Balaban J connectivity index is 1.53. The van der Waals surface area contributed by atoms with Crippen molar-refractivity contribution in [3.8, 4) is 0 Å². The molecule has 1 aliphatic rings. The van der Waals surface area contributed by atoms with E-state index in [4.69, 9.17) is 11.6 Å². The van der Waals surface area contributed by atoms with Gasteiger partial charge in [0, 0.05) is 43.6 Å². The normalized spacial score (nSPS) is 13.9. The van der Waals surface area contributed by atoms with Gasteiger partial charge >= 0.3 is 0 Å². The lowest BCUT2D eigenvalue weighted by Gasteiger charge is -2.31. The smallest absolute Gasteiger partial charge is 0.243 e. The van der Waals surface area contributed by atoms with E-state index in [0.29, 0.717) is 30.8 Å². The van der Waals surface area contributed by atoms with Gasteiger partial charge in [0.05, 0.1) is 4.90 Å². The van der Waals surface area contributed by atoms with Crippen LogP contribution in [0.3, 0.4) is 0 Å². The van der Waals surface area contributed by atoms with Gasteiger partial charge in [-0.3, -0.25) is 9.59 Å². The summed E-state index contributed by atoms with van der Waals surface area (Å²) in [6, 6.07) is 22.5. The molecule has 0 saturated heterocycles. The Bertz CT molecular complexity index is 1400. The molecule has 1 aliphatic carbocycles. The fourth-order valence-electron chi connectivity index (χ4n) is 4.47. The average molecular weight is 598 g/mol. The number of benzene rings is 3. The number of nitrogens with one attached hydrogen (secondary N) is 2. The maximum absolute atomic E-state index is 13.8. The maximum Gasteiger partial charge on any atom is 0.243 e. The molecule has 0 spiro atoms. The second kappa shape index (κ2) is 14.6. The number of hydrogen-bond acceptors (Lipinski definition) is 5. The lowest BCUT2D eigenvalue weighted by Crippen LogP contribution is -2.50. The zero-order chi connectivity index (χ0) is 29.2. The molecule has 0 aromatic heterocycles. The van der Waals surface area contributed by atoms with Crippen molar-refractivity contribution in [2.24, 2.45) is 0 Å². The molecule has 1 unspecified atom stereocenters. The van der Waals surface area contributed by atoms with Gasteiger partial charge in [-0.2, -0.15) is 0 Å². The maximum atomic E-state index is 13.8. The van der Waals surface area contributed by atoms with Gasteiger partial charge in [-0.1, -0.05) is 66.2 Å². The number of amides is 2. The molecule has 41 heavy (non-hydrogen) atoms. The second-order valence-corrected chi connectivity index (χ2v) is 12.4. The summed E-state index contributed by atoms with van der Waals surface area (Å²) in [4.78, 5) is 29.0. The zero-order valence-corrected chi connectivity index (χ0v) is 24.4. The summed E-state index contributed by atoms with van der Waals surface area (Å²) in [7, 11) is -3.55. The average Bonchev–Trinajstić information content (AvgIpc) is 3.79. The SMILES string of the molecule is O=C(NCCCO)C(Cc1ccccc1)N(Cc1ccc(Cl)cc1)C(=O)CCc1ccc(S(=O)(=O)NC2CC2)cc1. The molecule has 8 nitrogen and oxygen atoms in total. The van der Waals surface area contributed by atoms with Gasteiger partial charge in [0.1, 0.15) is 6.04 Å². The molecule has 0 bridgehead atoms. The van der Waals surface area contributed by atoms with E-state index >= 15 is 0 Å². The van der Waals surface area contributed by atoms with Crippen LogP contribution in [0.15, 0.2) is 83.8 Å². The van der Waals surface area contributed by atoms with Crippen molar-refractivity contribution >= 4 is 33.4 Å². The van der Waals surface area contributed by atoms with Crippen molar-refractivity contribution in [2.75, 3.05) is 13.2 Å². The number of aliphatic hydroxyl groups excluding tert-OH is 1. The van der Waals surface area contributed by atoms with Crippen molar-refractivity contribution in [3.05, 3.63) is 101 Å². The lowest BCUT2D eigenvalue weighted by molar-refractivity contribution is -0.141. The summed E-state index contributed by atoms with van der Waals surface area (Å²) in [6.07, 6.45) is 2.97. The predicted octanol–water partition coefficient (Wildman–Crippen LogP) is 3.85. The summed E-state index contributed by atoms with van der Waals surface area (Å²) in [5.41, 5.74) is 2.57. The van der Waals surface area contributed by atoms with E-state index in [0.717, 1.165) is 29.5 Å². The van der Waals surface area contributed by atoms with E-state index in [9.17, 15) is 23.1 Å². The van der Waals surface area contributed by atoms with Crippen molar-refractivity contribution in [2.45, 2.75) is 62.0 Å². The molecular formula is C31H36ClN3O5S. The number of nitrogens with zero attached hydrogens (tertiary/aromatic N) is 1. The molecule has 2 amide bonds. The minimum absolute atomic E-state index is 0.0218. The monoisotopic (exact) mass is 597 g/mol. The molecule has 1 atom stereocenters. The van der Waals surface area contributed by atoms with Crippen molar-refractivity contribution < 1.29 is 23.1 Å². The van der Waals surface area contributed by atoms with Gasteiger partial charge in [0.2, 0.25) is 21.8 Å². The molecule has 0 radical (unpaired) electrons. The van der Waals surface area contributed by atoms with Gasteiger partial charge in [-0.25, -0.2) is 13.1 Å². The quantitative estimate of drug-likeness (QED) is 0.230. The largest absolute Gasteiger partial charge is 0.396 e. The number of carbonyl (C=O) groups excluding carboxylic acids is 2. The fourth-order valence-corrected chi connectivity index (χ4v) is 5.90. The number of halogens is 1. The molecule has 3 aromatic carbocycles. The summed E-state index contributed by atoms with van der Waals surface area (Å²) in [6.45, 7) is 0.465. The molecule has 3 N–H and O–H groups in total. The first-order chi connectivity index (χ1) is 19.7. The summed E-state index contributed by atoms with van der Waals surface area (Å²) >= 11 is 6.08. The molecular weight excluding hydrogens is 562 g/mol. The molecule has 4 rings (SSSR count). The number of aryl methyl sites for hydroxylation is 1. The van der Waals surface area contributed by atoms with E-state index in [-0.39, 0.29) is 42.3 Å². The Labute approximate surface area is 246 Å². The van der Waals surface area contributed by atoms with Crippen LogP contribution in [-0.2, 0) is 39.0 Å². The third-order valence-corrected chi connectivity index (χ3v) is 8.72. The van der Waals surface area contributed by atoms with Crippen molar-refractivity contribution in [1.82, 2.24) is 14.9 Å². The van der Waals surface area contributed by atoms with Crippen LogP contribution in [0.25, 0.3) is 0 Å². The van der Waals surface area contributed by atoms with Crippen molar-refractivity contribution in [3.63, 3.8) is 0 Å². The zero-order valence-electron chi connectivity index (χ0n) is 22.8. The first-order valence-corrected chi connectivity index (χ1v) is 15.7. The second-order valence-electron chi connectivity index (χ2n) is 10.3. The van der Waals surface area contributed by atoms with E-state index in [2.05, 4.69) is 10.0 Å². The minimum Gasteiger partial charge on any atom is -0.396 e.